The van der Waals surface area contributed by atoms with Gasteiger partial charge in [0.15, 0.2) is 17.7 Å². The van der Waals surface area contributed by atoms with Crippen molar-refractivity contribution in [2.75, 3.05) is 6.61 Å². The molecule has 4 rings (SSSR count). The SMILES string of the molecule is CC(C)OC(=O)[C@H](C)NP(=O)(OC[C@H]1O[C@@H](n2ccc(=O)[nH]c2=O)[C@](C)(F)[C@@H]1O)Oc1cccc(C(=O)/C=C/c2ccccc2)c1. The Morgan fingerprint density at radius 2 is 1.87 bits per heavy atom. The summed E-state index contributed by atoms with van der Waals surface area (Å²) < 4.78 is 52.5. The number of nitrogens with zero attached hydrogens (tertiary/aromatic N) is 1. The van der Waals surface area contributed by atoms with E-state index in [0.717, 1.165) is 29.3 Å². The number of H-pyrrole nitrogens is 1. The number of benzene rings is 2. The third-order valence-corrected chi connectivity index (χ3v) is 8.50. The largest absolute Gasteiger partial charge is 0.462 e. The van der Waals surface area contributed by atoms with Gasteiger partial charge in [0.1, 0.15) is 24.0 Å². The van der Waals surface area contributed by atoms with E-state index in [4.69, 9.17) is 18.5 Å². The van der Waals surface area contributed by atoms with Crippen molar-refractivity contribution in [1.82, 2.24) is 14.6 Å². The Balaban J connectivity index is 1.56. The molecule has 6 atom stereocenters. The fourth-order valence-corrected chi connectivity index (χ4v) is 6.02. The Morgan fingerprint density at radius 1 is 1.15 bits per heavy atom. The van der Waals surface area contributed by atoms with Gasteiger partial charge in [-0.3, -0.25) is 28.5 Å². The van der Waals surface area contributed by atoms with Crippen LogP contribution in [0.5, 0.6) is 5.75 Å². The zero-order valence-electron chi connectivity index (χ0n) is 25.5. The average molecular weight is 660 g/mol. The molecule has 0 amide bonds. The molecule has 13 nitrogen and oxygen atoms in total. The number of nitrogens with one attached hydrogen (secondary N) is 2. The number of alkyl halides is 1. The number of hydrogen-bond acceptors (Lipinski definition) is 10. The Morgan fingerprint density at radius 3 is 2.54 bits per heavy atom. The molecule has 246 valence electrons. The summed E-state index contributed by atoms with van der Waals surface area (Å²) in [4.78, 5) is 51.1. The van der Waals surface area contributed by atoms with E-state index in [-0.39, 0.29) is 17.1 Å². The second-order valence-electron chi connectivity index (χ2n) is 11.0. The molecule has 3 N–H and O–H groups in total. The van der Waals surface area contributed by atoms with Crippen LogP contribution in [-0.2, 0) is 23.4 Å². The van der Waals surface area contributed by atoms with Crippen LogP contribution in [0.4, 0.5) is 4.39 Å². The van der Waals surface area contributed by atoms with Crippen molar-refractivity contribution in [3.05, 3.63) is 105 Å². The minimum absolute atomic E-state index is 0.0693. The maximum absolute atomic E-state index is 15.7. The maximum atomic E-state index is 15.7. The highest BCUT2D eigenvalue weighted by Gasteiger charge is 2.56. The van der Waals surface area contributed by atoms with Gasteiger partial charge in [0.25, 0.3) is 5.56 Å². The number of carbonyl (C=O) groups excluding carboxylic acids is 2. The summed E-state index contributed by atoms with van der Waals surface area (Å²) in [7, 11) is -4.55. The third-order valence-electron chi connectivity index (χ3n) is 6.86. The average Bonchev–Trinajstić information content (AvgIpc) is 3.22. The van der Waals surface area contributed by atoms with Gasteiger partial charge in [0.05, 0.1) is 12.7 Å². The molecular weight excluding hydrogens is 624 g/mol. The lowest BCUT2D eigenvalue weighted by Crippen LogP contribution is -2.43. The molecule has 0 spiro atoms. The van der Waals surface area contributed by atoms with Crippen LogP contribution in [0.3, 0.4) is 0 Å². The number of aliphatic hydroxyl groups is 1. The first-order chi connectivity index (χ1) is 21.7. The molecular formula is C31H35FN3O10P. The van der Waals surface area contributed by atoms with Gasteiger partial charge < -0.3 is 19.1 Å². The first kappa shape index (κ1) is 34.7. The number of aromatic amines is 1. The first-order valence-electron chi connectivity index (χ1n) is 14.3. The molecule has 1 saturated heterocycles. The molecule has 1 aliphatic heterocycles. The highest BCUT2D eigenvalue weighted by atomic mass is 31.2. The molecule has 1 unspecified atom stereocenters. The molecule has 0 radical (unpaired) electrons. The van der Waals surface area contributed by atoms with Crippen molar-refractivity contribution < 1.29 is 42.2 Å². The van der Waals surface area contributed by atoms with Gasteiger partial charge in [-0.25, -0.2) is 13.8 Å². The van der Waals surface area contributed by atoms with E-state index in [1.54, 1.807) is 19.9 Å². The second kappa shape index (κ2) is 14.5. The zero-order valence-corrected chi connectivity index (χ0v) is 26.4. The zero-order chi connectivity index (χ0) is 33.6. The van der Waals surface area contributed by atoms with E-state index in [2.05, 4.69) is 5.09 Å². The van der Waals surface area contributed by atoms with Crippen LogP contribution in [-0.4, -0.2) is 63.0 Å². The smallest absolute Gasteiger partial charge is 0.459 e. The van der Waals surface area contributed by atoms with Crippen LogP contribution in [0.2, 0.25) is 0 Å². The topological polar surface area (TPSA) is 175 Å². The summed E-state index contributed by atoms with van der Waals surface area (Å²) in [6.45, 7) is 4.87. The van der Waals surface area contributed by atoms with Crippen LogP contribution >= 0.6 is 7.75 Å². The van der Waals surface area contributed by atoms with Crippen molar-refractivity contribution >= 4 is 25.6 Å². The Bertz CT molecular complexity index is 1740. The lowest BCUT2D eigenvalue weighted by atomic mass is 9.98. The summed E-state index contributed by atoms with van der Waals surface area (Å²) in [5.41, 5.74) is -3.24. The van der Waals surface area contributed by atoms with Gasteiger partial charge in [-0.1, -0.05) is 48.5 Å². The minimum Gasteiger partial charge on any atom is -0.462 e. The van der Waals surface area contributed by atoms with Crippen LogP contribution in [0.25, 0.3) is 6.08 Å². The van der Waals surface area contributed by atoms with E-state index >= 15 is 4.39 Å². The quantitative estimate of drug-likeness (QED) is 0.106. The molecule has 15 heteroatoms. The molecule has 0 saturated carbocycles. The van der Waals surface area contributed by atoms with Gasteiger partial charge >= 0.3 is 19.4 Å². The van der Waals surface area contributed by atoms with Gasteiger partial charge in [-0.05, 0) is 51.5 Å². The predicted molar refractivity (Wildman–Crippen MR) is 165 cm³/mol. The highest BCUT2D eigenvalue weighted by molar-refractivity contribution is 7.52. The number of hydrogen-bond donors (Lipinski definition) is 3. The molecule has 1 aromatic heterocycles. The van der Waals surface area contributed by atoms with Gasteiger partial charge in [-0.2, -0.15) is 5.09 Å². The molecule has 3 aromatic rings. The van der Waals surface area contributed by atoms with Crippen molar-refractivity contribution in [3.63, 3.8) is 0 Å². The third kappa shape index (κ3) is 8.53. The number of aromatic nitrogens is 2. The standard InChI is InChI=1S/C31H35FN3O10P/c1-19(2)43-28(39)20(3)34-46(41,45-23-12-8-11-22(17-23)24(36)14-13-21-9-6-5-7-10-21)42-18-25-27(38)31(4,32)29(44-25)35-16-15-26(37)33-30(35)40/h5-17,19-20,25,27,29,38H,18H2,1-4H3,(H,34,41)(H,33,37,40)/b14-13+/t20-,25+,27+,29+,31+,46?/m0/s1. The second-order valence-corrected chi connectivity index (χ2v) is 12.7. The van der Waals surface area contributed by atoms with Crippen LogP contribution in [0.15, 0.2) is 82.5 Å². The van der Waals surface area contributed by atoms with Crippen molar-refractivity contribution in [3.8, 4) is 5.75 Å². The highest BCUT2D eigenvalue weighted by Crippen LogP contribution is 2.47. The van der Waals surface area contributed by atoms with Crippen molar-refractivity contribution in [2.24, 2.45) is 0 Å². The van der Waals surface area contributed by atoms with Crippen molar-refractivity contribution in [1.29, 1.82) is 0 Å². The summed E-state index contributed by atoms with van der Waals surface area (Å²) in [5.74, 6) is -1.22. The molecule has 0 aliphatic carbocycles. The fraction of sp³-hybridized carbons (Fsp3) is 0.355. The predicted octanol–water partition coefficient (Wildman–Crippen LogP) is 3.55. The summed E-state index contributed by atoms with van der Waals surface area (Å²) in [5, 5.41) is 13.2. The molecule has 2 heterocycles. The normalized spacial score (nSPS) is 23.2. The molecule has 2 aromatic carbocycles. The molecule has 46 heavy (non-hydrogen) atoms. The molecule has 0 bridgehead atoms. The summed E-state index contributed by atoms with van der Waals surface area (Å²) in [6, 6.07) is 14.7. The summed E-state index contributed by atoms with van der Waals surface area (Å²) >= 11 is 0. The Labute approximate surface area is 263 Å². The maximum Gasteiger partial charge on any atom is 0.459 e. The molecule has 1 aliphatic rings. The van der Waals surface area contributed by atoms with Crippen LogP contribution < -0.4 is 20.9 Å². The van der Waals surface area contributed by atoms with Crippen LogP contribution in [0.1, 0.15) is 49.8 Å². The lowest BCUT2D eigenvalue weighted by Gasteiger charge is -2.25. The number of allylic oxidation sites excluding steroid dienone is 1. The number of esters is 1. The van der Waals surface area contributed by atoms with Gasteiger partial charge in [-0.15, -0.1) is 0 Å². The lowest BCUT2D eigenvalue weighted by molar-refractivity contribution is -0.149. The van der Waals surface area contributed by atoms with E-state index in [1.165, 1.54) is 37.3 Å². The van der Waals surface area contributed by atoms with E-state index in [0.29, 0.717) is 0 Å². The first-order valence-corrected chi connectivity index (χ1v) is 15.9. The van der Waals surface area contributed by atoms with Crippen molar-refractivity contribution in [2.45, 2.75) is 63.9 Å². The van der Waals surface area contributed by atoms with E-state index in [1.807, 2.05) is 35.3 Å². The van der Waals surface area contributed by atoms with E-state index < -0.39 is 67.8 Å². The number of ether oxygens (including phenoxy) is 2. The van der Waals surface area contributed by atoms with Gasteiger partial charge in [0.2, 0.25) is 0 Å². The number of rotatable bonds is 13. The van der Waals surface area contributed by atoms with Crippen LogP contribution in [0, 0.1) is 0 Å². The summed E-state index contributed by atoms with van der Waals surface area (Å²) in [6.07, 6.45) is -1.52. The van der Waals surface area contributed by atoms with Gasteiger partial charge in [0, 0.05) is 17.8 Å². The fourth-order valence-electron chi connectivity index (χ4n) is 4.53. The number of halogens is 1. The van der Waals surface area contributed by atoms with E-state index in [9.17, 15) is 28.8 Å². The number of carbonyl (C=O) groups is 2. The Hall–Kier alpha value is -4.20. The monoisotopic (exact) mass is 659 g/mol. The minimum atomic E-state index is -4.55. The number of ketones is 1. The molecule has 1 fully saturated rings. The number of aliphatic hydroxyl groups excluding tert-OH is 1. The Kier molecular flexibility index (Phi) is 10.9.